The summed E-state index contributed by atoms with van der Waals surface area (Å²) in [5.74, 6) is -1.67. The zero-order valence-electron chi connectivity index (χ0n) is 11.2. The van der Waals surface area contributed by atoms with Crippen molar-refractivity contribution < 1.29 is 22.5 Å². The molecule has 5 nitrogen and oxygen atoms in total. The molecule has 1 N–H and O–H groups in total. The molecule has 2 aromatic heterocycles. The summed E-state index contributed by atoms with van der Waals surface area (Å²) in [4.78, 5) is 11.8. The molecule has 0 aliphatic heterocycles. The predicted octanol–water partition coefficient (Wildman–Crippen LogP) is 3.14. The first-order chi connectivity index (χ1) is 10.6. The van der Waals surface area contributed by atoms with E-state index in [2.05, 4.69) is 10.5 Å². The lowest BCUT2D eigenvalue weighted by molar-refractivity contribution is 0.0949. The minimum absolute atomic E-state index is 0.0219. The standard InChI is InChI=1S/C15H10F2N2O3/c16-11-4-3-9(6-12(11)17)15(20)18-8-10-7-14(22-19-10)13-2-1-5-21-13/h1-7H,8H2,(H,18,20). The number of halogens is 2. The van der Waals surface area contributed by atoms with Crippen molar-refractivity contribution in [3.63, 3.8) is 0 Å². The highest BCUT2D eigenvalue weighted by Crippen LogP contribution is 2.20. The summed E-state index contributed by atoms with van der Waals surface area (Å²) in [7, 11) is 0. The lowest BCUT2D eigenvalue weighted by Gasteiger charge is -2.03. The summed E-state index contributed by atoms with van der Waals surface area (Å²) < 4.78 is 36.1. The molecule has 0 atom stereocenters. The van der Waals surface area contributed by atoms with E-state index in [0.717, 1.165) is 12.1 Å². The average molecular weight is 304 g/mol. The van der Waals surface area contributed by atoms with Crippen molar-refractivity contribution in [2.75, 3.05) is 0 Å². The largest absolute Gasteiger partial charge is 0.461 e. The van der Waals surface area contributed by atoms with Gasteiger partial charge in [-0.3, -0.25) is 4.79 Å². The van der Waals surface area contributed by atoms with Crippen molar-refractivity contribution in [1.29, 1.82) is 0 Å². The van der Waals surface area contributed by atoms with E-state index in [1.807, 2.05) is 0 Å². The van der Waals surface area contributed by atoms with Crippen LogP contribution in [0.4, 0.5) is 8.78 Å². The van der Waals surface area contributed by atoms with Gasteiger partial charge in [-0.2, -0.15) is 0 Å². The molecule has 0 aliphatic carbocycles. The van der Waals surface area contributed by atoms with Gasteiger partial charge >= 0.3 is 0 Å². The molecule has 112 valence electrons. The van der Waals surface area contributed by atoms with Gasteiger partial charge in [-0.15, -0.1) is 0 Å². The topological polar surface area (TPSA) is 68.3 Å². The molecule has 3 rings (SSSR count). The molecular formula is C15H10F2N2O3. The molecule has 2 heterocycles. The van der Waals surface area contributed by atoms with Crippen LogP contribution >= 0.6 is 0 Å². The van der Waals surface area contributed by atoms with Crippen LogP contribution < -0.4 is 5.32 Å². The number of carbonyl (C=O) groups is 1. The van der Waals surface area contributed by atoms with Crippen molar-refractivity contribution in [2.24, 2.45) is 0 Å². The third-order valence-electron chi connectivity index (χ3n) is 2.93. The van der Waals surface area contributed by atoms with Crippen LogP contribution in [-0.4, -0.2) is 11.1 Å². The highest BCUT2D eigenvalue weighted by Gasteiger charge is 2.12. The van der Waals surface area contributed by atoms with Gasteiger partial charge in [-0.05, 0) is 30.3 Å². The Morgan fingerprint density at radius 1 is 1.14 bits per heavy atom. The lowest BCUT2D eigenvalue weighted by atomic mass is 10.2. The SMILES string of the molecule is O=C(NCc1cc(-c2ccco2)on1)c1ccc(F)c(F)c1. The van der Waals surface area contributed by atoms with Crippen molar-refractivity contribution in [1.82, 2.24) is 10.5 Å². The number of nitrogens with one attached hydrogen (secondary N) is 1. The Morgan fingerprint density at radius 2 is 2.00 bits per heavy atom. The second-order valence-electron chi connectivity index (χ2n) is 4.47. The van der Waals surface area contributed by atoms with Crippen molar-refractivity contribution in [3.8, 4) is 11.5 Å². The molecule has 0 bridgehead atoms. The Labute approximate surface area is 123 Å². The first kappa shape index (κ1) is 14.0. The Kier molecular flexibility index (Phi) is 3.69. The van der Waals surface area contributed by atoms with Crippen LogP contribution in [0.5, 0.6) is 0 Å². The van der Waals surface area contributed by atoms with Crippen molar-refractivity contribution in [2.45, 2.75) is 6.54 Å². The smallest absolute Gasteiger partial charge is 0.251 e. The molecule has 0 fully saturated rings. The van der Waals surface area contributed by atoms with Gasteiger partial charge in [0.05, 0.1) is 12.8 Å². The van der Waals surface area contributed by atoms with Crippen molar-refractivity contribution >= 4 is 5.91 Å². The molecule has 0 aliphatic rings. The molecule has 0 spiro atoms. The number of aromatic nitrogens is 1. The normalized spacial score (nSPS) is 10.6. The summed E-state index contributed by atoms with van der Waals surface area (Å²) in [6, 6.07) is 7.97. The highest BCUT2D eigenvalue weighted by atomic mass is 19.2. The fraction of sp³-hybridized carbons (Fsp3) is 0.0667. The molecule has 1 amide bonds. The Bertz CT molecular complexity index is 797. The van der Waals surface area contributed by atoms with Crippen molar-refractivity contribution in [3.05, 3.63) is 65.6 Å². The number of benzene rings is 1. The number of hydrogen-bond donors (Lipinski definition) is 1. The molecule has 1 aromatic carbocycles. The molecule has 7 heteroatoms. The van der Waals surface area contributed by atoms with Crippen LogP contribution in [0.1, 0.15) is 16.1 Å². The number of hydrogen-bond acceptors (Lipinski definition) is 4. The van der Waals surface area contributed by atoms with E-state index in [9.17, 15) is 13.6 Å². The minimum atomic E-state index is -1.07. The third-order valence-corrected chi connectivity index (χ3v) is 2.93. The first-order valence-corrected chi connectivity index (χ1v) is 6.36. The van der Waals surface area contributed by atoms with Gasteiger partial charge in [0.15, 0.2) is 17.4 Å². The first-order valence-electron chi connectivity index (χ1n) is 6.36. The maximum absolute atomic E-state index is 13.1. The van der Waals surface area contributed by atoms with E-state index >= 15 is 0 Å². The number of furan rings is 1. The van der Waals surface area contributed by atoms with E-state index in [1.165, 1.54) is 12.3 Å². The zero-order chi connectivity index (χ0) is 15.5. The van der Waals surface area contributed by atoms with Gasteiger partial charge < -0.3 is 14.3 Å². The summed E-state index contributed by atoms with van der Waals surface area (Å²) in [5, 5.41) is 6.33. The summed E-state index contributed by atoms with van der Waals surface area (Å²) >= 11 is 0. The maximum Gasteiger partial charge on any atom is 0.251 e. The monoisotopic (exact) mass is 304 g/mol. The number of amides is 1. The van der Waals surface area contributed by atoms with Crippen LogP contribution in [0.2, 0.25) is 0 Å². The number of nitrogens with zero attached hydrogens (tertiary/aromatic N) is 1. The number of rotatable bonds is 4. The average Bonchev–Trinajstić information content (AvgIpc) is 3.18. The van der Waals surface area contributed by atoms with Gasteiger partial charge in [0, 0.05) is 11.6 Å². The number of carbonyl (C=O) groups excluding carboxylic acids is 1. The second kappa shape index (κ2) is 5.80. The third kappa shape index (κ3) is 2.88. The molecular weight excluding hydrogens is 294 g/mol. The van der Waals surface area contributed by atoms with E-state index in [0.29, 0.717) is 17.2 Å². The molecule has 3 aromatic rings. The Morgan fingerprint density at radius 3 is 2.73 bits per heavy atom. The van der Waals surface area contributed by atoms with Crippen LogP contribution in [0, 0.1) is 11.6 Å². The van der Waals surface area contributed by atoms with Gasteiger partial charge in [-0.25, -0.2) is 8.78 Å². The van der Waals surface area contributed by atoms with Gasteiger partial charge in [0.25, 0.3) is 5.91 Å². The van der Waals surface area contributed by atoms with Gasteiger partial charge in [0.2, 0.25) is 5.76 Å². The molecule has 22 heavy (non-hydrogen) atoms. The Balaban J connectivity index is 1.65. The fourth-order valence-corrected chi connectivity index (χ4v) is 1.84. The zero-order valence-corrected chi connectivity index (χ0v) is 11.2. The second-order valence-corrected chi connectivity index (χ2v) is 4.47. The van der Waals surface area contributed by atoms with Crippen LogP contribution in [-0.2, 0) is 6.54 Å². The summed E-state index contributed by atoms with van der Waals surface area (Å²) in [6.07, 6.45) is 1.50. The molecule has 0 radical (unpaired) electrons. The minimum Gasteiger partial charge on any atom is -0.461 e. The van der Waals surface area contributed by atoms with Crippen LogP contribution in [0.3, 0.4) is 0 Å². The summed E-state index contributed by atoms with van der Waals surface area (Å²) in [6.45, 7) is 0.0854. The highest BCUT2D eigenvalue weighted by molar-refractivity contribution is 5.94. The quantitative estimate of drug-likeness (QED) is 0.804. The molecule has 0 saturated carbocycles. The molecule has 0 unspecified atom stereocenters. The fourth-order valence-electron chi connectivity index (χ4n) is 1.84. The van der Waals surface area contributed by atoms with E-state index in [1.54, 1.807) is 18.2 Å². The predicted molar refractivity (Wildman–Crippen MR) is 71.7 cm³/mol. The van der Waals surface area contributed by atoms with Gasteiger partial charge in [-0.1, -0.05) is 5.16 Å². The van der Waals surface area contributed by atoms with E-state index < -0.39 is 17.5 Å². The molecule has 0 saturated heterocycles. The van der Waals surface area contributed by atoms with Crippen LogP contribution in [0.25, 0.3) is 11.5 Å². The Hall–Kier alpha value is -2.96. The summed E-state index contributed by atoms with van der Waals surface area (Å²) in [5.41, 5.74) is 0.496. The van der Waals surface area contributed by atoms with Gasteiger partial charge in [0.1, 0.15) is 5.69 Å². The lowest BCUT2D eigenvalue weighted by Crippen LogP contribution is -2.23. The maximum atomic E-state index is 13.1. The van der Waals surface area contributed by atoms with Crippen LogP contribution in [0.15, 0.2) is 51.6 Å². The van der Waals surface area contributed by atoms with E-state index in [4.69, 9.17) is 8.94 Å². The van der Waals surface area contributed by atoms with E-state index in [-0.39, 0.29) is 12.1 Å².